The maximum absolute atomic E-state index is 11.2. The molecule has 0 aliphatic carbocycles. The van der Waals surface area contributed by atoms with Crippen LogP contribution in [0.1, 0.15) is 12.1 Å². The number of carboxylic acids is 1. The van der Waals surface area contributed by atoms with Gasteiger partial charge in [0.2, 0.25) is 5.82 Å². The minimum absolute atomic E-state index is 0.0329. The molecule has 2 aromatic rings. The van der Waals surface area contributed by atoms with Crippen LogP contribution in [-0.2, 0) is 18.8 Å². The molecule has 15 nitrogen and oxygen atoms in total. The third kappa shape index (κ3) is 3.91. The topological polar surface area (TPSA) is 247 Å². The maximum Gasteiger partial charge on any atom is 0.365 e. The van der Waals surface area contributed by atoms with Crippen molar-refractivity contribution in [1.82, 2.24) is 19.5 Å². The quantitative estimate of drug-likeness (QED) is 0.259. The molecule has 5 atom stereocenters. The molecule has 29 heavy (non-hydrogen) atoms. The van der Waals surface area contributed by atoms with Gasteiger partial charge in [-0.1, -0.05) is 0 Å². The van der Waals surface area contributed by atoms with E-state index < -0.39 is 50.6 Å². The normalized spacial score (nSPS) is 25.8. The Morgan fingerprint density at radius 2 is 2.10 bits per heavy atom. The first-order chi connectivity index (χ1) is 13.5. The molecule has 1 aliphatic rings. The van der Waals surface area contributed by atoms with E-state index in [2.05, 4.69) is 15.0 Å². The van der Waals surface area contributed by atoms with E-state index in [9.17, 15) is 19.6 Å². The number of nitrogen functional groups attached to an aromatic ring is 1. The van der Waals surface area contributed by atoms with Crippen molar-refractivity contribution in [2.75, 3.05) is 12.3 Å². The number of carbonyl (C=O) groups is 1. The molecule has 0 radical (unpaired) electrons. The number of aliphatic hydroxyl groups excluding tert-OH is 2. The molecule has 2 aromatic heterocycles. The third-order valence-corrected chi connectivity index (χ3v) is 5.08. The number of carboxylic acid groups (broad SMARTS) is 1. The molecule has 1 unspecified atom stereocenters. The predicted octanol–water partition coefficient (Wildman–Crippen LogP) is -2.50. The first-order valence-corrected chi connectivity index (χ1v) is 9.54. The van der Waals surface area contributed by atoms with Crippen molar-refractivity contribution in [1.29, 1.82) is 5.26 Å². The number of aliphatic carboxylic acids is 1. The summed E-state index contributed by atoms with van der Waals surface area (Å²) in [6, 6.07) is 1.71. The van der Waals surface area contributed by atoms with Crippen LogP contribution in [0.4, 0.5) is 5.82 Å². The van der Waals surface area contributed by atoms with Crippen molar-refractivity contribution in [3.8, 4) is 6.07 Å². The fraction of sp³-hybridized carbons (Fsp3) is 0.462. The number of fused-ring (bicyclic) bond motifs is 1. The van der Waals surface area contributed by atoms with Crippen LogP contribution in [0.3, 0.4) is 0 Å². The van der Waals surface area contributed by atoms with Gasteiger partial charge in [0, 0.05) is 0 Å². The summed E-state index contributed by atoms with van der Waals surface area (Å²) in [7, 11) is -5.13. The number of ether oxygens (including phenoxy) is 2. The number of aromatic nitrogens is 4. The number of anilines is 1. The molecule has 1 aliphatic heterocycles. The van der Waals surface area contributed by atoms with E-state index >= 15 is 0 Å². The molecule has 0 saturated carbocycles. The third-order valence-electron chi connectivity index (χ3n) is 4.09. The van der Waals surface area contributed by atoms with E-state index in [1.54, 1.807) is 6.07 Å². The van der Waals surface area contributed by atoms with Gasteiger partial charge in [-0.2, -0.15) is 15.2 Å². The highest BCUT2D eigenvalue weighted by atomic mass is 31.2. The van der Waals surface area contributed by atoms with Gasteiger partial charge >= 0.3 is 13.6 Å². The molecular weight excluding hydrogens is 415 g/mol. The van der Waals surface area contributed by atoms with E-state index in [0.717, 1.165) is 0 Å². The predicted molar refractivity (Wildman–Crippen MR) is 89.8 cm³/mol. The van der Waals surface area contributed by atoms with Crippen LogP contribution < -0.4 is 5.73 Å². The summed E-state index contributed by atoms with van der Waals surface area (Å²) in [5, 5.41) is 38.3. The second kappa shape index (κ2) is 7.61. The van der Waals surface area contributed by atoms with E-state index in [-0.39, 0.29) is 22.8 Å². The van der Waals surface area contributed by atoms with Gasteiger partial charge in [-0.25, -0.2) is 9.78 Å². The highest BCUT2D eigenvalue weighted by Gasteiger charge is 2.46. The Hall–Kier alpha value is -2.70. The molecule has 0 bridgehead atoms. The van der Waals surface area contributed by atoms with Crippen LogP contribution >= 0.6 is 7.60 Å². The summed E-state index contributed by atoms with van der Waals surface area (Å²) in [4.78, 5) is 40.6. The van der Waals surface area contributed by atoms with Crippen LogP contribution in [-0.4, -0.2) is 81.4 Å². The number of rotatable bonds is 6. The molecule has 3 heterocycles. The smallest absolute Gasteiger partial charge is 0.365 e. The summed E-state index contributed by atoms with van der Waals surface area (Å²) in [6.45, 7) is -0.746. The Bertz CT molecular complexity index is 1030. The number of imidazole rings is 1. The zero-order valence-electron chi connectivity index (χ0n) is 14.3. The Morgan fingerprint density at radius 3 is 2.69 bits per heavy atom. The van der Waals surface area contributed by atoms with Gasteiger partial charge in [0.15, 0.2) is 17.7 Å². The standard InChI is InChI=1S/C13H15N6O9P/c14-1-5-17-9(15)6-10(18-5)19(3-16-6)11-8(21)7(20)4(28-11)2-27-13(12(22)23)29(24,25)26/h3-4,7-8,11,13,20-21H,2H2,(H,22,23)(H2,15,17,18)(H2,24,25,26)/t4-,7-,8-,11-,13?/m1/s1. The first-order valence-electron chi connectivity index (χ1n) is 7.86. The van der Waals surface area contributed by atoms with Gasteiger partial charge in [0.25, 0.3) is 5.85 Å². The van der Waals surface area contributed by atoms with Crippen molar-refractivity contribution in [2.24, 2.45) is 0 Å². The summed E-state index contributed by atoms with van der Waals surface area (Å²) in [6.07, 6.45) is -4.62. The molecule has 1 saturated heterocycles. The van der Waals surface area contributed by atoms with Crippen LogP contribution in [0.15, 0.2) is 6.33 Å². The van der Waals surface area contributed by atoms with Gasteiger partial charge in [-0.15, -0.1) is 0 Å². The minimum atomic E-state index is -5.13. The SMILES string of the molecule is N#Cc1nc(N)c2ncn([C@@H]3O[C@H](COC(C(=O)O)P(=O)(O)O)[C@@H](O)[C@H]3O)c2n1. The second-order valence-electron chi connectivity index (χ2n) is 6.03. The molecule has 7 N–H and O–H groups in total. The van der Waals surface area contributed by atoms with E-state index in [1.807, 2.05) is 0 Å². The molecule has 0 spiro atoms. The van der Waals surface area contributed by atoms with Gasteiger partial charge in [0.05, 0.1) is 12.9 Å². The van der Waals surface area contributed by atoms with Crippen molar-refractivity contribution in [3.63, 3.8) is 0 Å². The van der Waals surface area contributed by atoms with Gasteiger partial charge in [-0.3, -0.25) is 9.13 Å². The molecule has 0 aromatic carbocycles. The fourth-order valence-corrected chi connectivity index (χ4v) is 3.34. The lowest BCUT2D eigenvalue weighted by atomic mass is 10.1. The van der Waals surface area contributed by atoms with Crippen molar-refractivity contribution in [2.45, 2.75) is 30.4 Å². The average Bonchev–Trinajstić information content (AvgIpc) is 3.16. The lowest BCUT2D eigenvalue weighted by Gasteiger charge is -2.19. The molecule has 1 fully saturated rings. The Labute approximate surface area is 161 Å². The van der Waals surface area contributed by atoms with Gasteiger partial charge < -0.3 is 40.3 Å². The molecular formula is C13H15N6O9P. The zero-order valence-corrected chi connectivity index (χ0v) is 15.2. The van der Waals surface area contributed by atoms with E-state index in [1.165, 1.54) is 10.9 Å². The van der Waals surface area contributed by atoms with Crippen LogP contribution in [0.5, 0.6) is 0 Å². The van der Waals surface area contributed by atoms with Crippen molar-refractivity contribution < 1.29 is 43.9 Å². The van der Waals surface area contributed by atoms with E-state index in [0.29, 0.717) is 0 Å². The molecule has 3 rings (SSSR count). The number of aliphatic hydroxyl groups is 2. The lowest BCUT2D eigenvalue weighted by Crippen LogP contribution is -2.36. The van der Waals surface area contributed by atoms with Crippen molar-refractivity contribution >= 4 is 30.5 Å². The maximum atomic E-state index is 11.2. The van der Waals surface area contributed by atoms with Gasteiger partial charge in [-0.05, 0) is 0 Å². The molecule has 0 amide bonds. The molecule has 16 heteroatoms. The largest absolute Gasteiger partial charge is 0.479 e. The number of hydrogen-bond acceptors (Lipinski definition) is 11. The average molecular weight is 430 g/mol. The van der Waals surface area contributed by atoms with Crippen LogP contribution in [0.2, 0.25) is 0 Å². The molecule has 156 valence electrons. The fourth-order valence-electron chi connectivity index (χ4n) is 2.77. The summed E-state index contributed by atoms with van der Waals surface area (Å²) < 4.78 is 22.5. The highest BCUT2D eigenvalue weighted by molar-refractivity contribution is 7.53. The number of nitrogens with zero attached hydrogens (tertiary/aromatic N) is 5. The van der Waals surface area contributed by atoms with Crippen LogP contribution in [0, 0.1) is 11.3 Å². The monoisotopic (exact) mass is 430 g/mol. The minimum Gasteiger partial charge on any atom is -0.479 e. The number of nitriles is 1. The Morgan fingerprint density at radius 1 is 1.41 bits per heavy atom. The first kappa shape index (κ1) is 21.0. The van der Waals surface area contributed by atoms with Gasteiger partial charge in [0.1, 0.15) is 29.9 Å². The summed E-state index contributed by atoms with van der Waals surface area (Å²) >= 11 is 0. The second-order valence-corrected chi connectivity index (χ2v) is 7.67. The van der Waals surface area contributed by atoms with E-state index in [4.69, 9.17) is 35.4 Å². The Kier molecular flexibility index (Phi) is 5.52. The summed E-state index contributed by atoms with van der Waals surface area (Å²) in [5.74, 6) is -4.73. The zero-order chi connectivity index (χ0) is 21.5. The van der Waals surface area contributed by atoms with Crippen molar-refractivity contribution in [3.05, 3.63) is 12.2 Å². The highest BCUT2D eigenvalue weighted by Crippen LogP contribution is 2.42. The van der Waals surface area contributed by atoms with Crippen LogP contribution in [0.25, 0.3) is 11.2 Å². The Balaban J connectivity index is 1.84. The number of hydrogen-bond donors (Lipinski definition) is 6. The summed E-state index contributed by atoms with van der Waals surface area (Å²) in [5.41, 5.74) is 5.85. The number of nitrogens with two attached hydrogens (primary N) is 1. The lowest BCUT2D eigenvalue weighted by molar-refractivity contribution is -0.149.